The summed E-state index contributed by atoms with van der Waals surface area (Å²) in [6, 6.07) is 7.98. The highest BCUT2D eigenvalue weighted by atomic mass is 79.9. The van der Waals surface area contributed by atoms with E-state index in [-0.39, 0.29) is 11.9 Å². The maximum atomic E-state index is 12.0. The molecule has 0 bridgehead atoms. The third kappa shape index (κ3) is 3.96. The van der Waals surface area contributed by atoms with Crippen molar-refractivity contribution in [3.05, 3.63) is 46.7 Å². The van der Waals surface area contributed by atoms with Crippen LogP contribution < -0.4 is 10.6 Å². The molecule has 0 spiro atoms. The molecule has 1 aromatic carbocycles. The van der Waals surface area contributed by atoms with Crippen molar-refractivity contribution in [2.45, 2.75) is 31.8 Å². The van der Waals surface area contributed by atoms with Gasteiger partial charge in [0.1, 0.15) is 0 Å². The van der Waals surface area contributed by atoms with Gasteiger partial charge in [-0.15, -0.1) is 0 Å². The number of halogens is 1. The molecule has 2 aromatic rings. The summed E-state index contributed by atoms with van der Waals surface area (Å²) in [6.45, 7) is 1.77. The van der Waals surface area contributed by atoms with Crippen molar-refractivity contribution in [3.63, 3.8) is 0 Å². The number of aryl methyl sites for hydroxylation is 2. The summed E-state index contributed by atoms with van der Waals surface area (Å²) in [5, 5.41) is 10.4. The van der Waals surface area contributed by atoms with Gasteiger partial charge >= 0.3 is 0 Å². The minimum Gasteiger partial charge on any atom is -0.325 e. The monoisotopic (exact) mass is 362 g/mol. The van der Waals surface area contributed by atoms with Gasteiger partial charge in [0.25, 0.3) is 0 Å². The van der Waals surface area contributed by atoms with Gasteiger partial charge in [0.2, 0.25) is 5.91 Å². The lowest BCUT2D eigenvalue weighted by atomic mass is 10.1. The number of rotatable bonds is 5. The fraction of sp³-hybridized carbons (Fsp3) is 0.375. The molecule has 1 atom stereocenters. The summed E-state index contributed by atoms with van der Waals surface area (Å²) in [5.41, 5.74) is 2.08. The maximum Gasteiger partial charge on any atom is 0.241 e. The zero-order valence-corrected chi connectivity index (χ0v) is 13.8. The summed E-state index contributed by atoms with van der Waals surface area (Å²) in [6.07, 6.45) is 6.65. The van der Waals surface area contributed by atoms with Crippen LogP contribution >= 0.6 is 15.9 Å². The van der Waals surface area contributed by atoms with Crippen LogP contribution in [0.25, 0.3) is 0 Å². The predicted octanol–water partition coefficient (Wildman–Crippen LogP) is 2.58. The Hall–Kier alpha value is -1.66. The third-order valence-electron chi connectivity index (χ3n) is 3.83. The van der Waals surface area contributed by atoms with Crippen molar-refractivity contribution in [1.82, 2.24) is 15.1 Å². The molecule has 0 aliphatic carbocycles. The number of carbonyl (C=O) groups excluding carboxylic acids is 1. The zero-order valence-electron chi connectivity index (χ0n) is 12.3. The van der Waals surface area contributed by atoms with Gasteiger partial charge in [-0.3, -0.25) is 9.48 Å². The van der Waals surface area contributed by atoms with Crippen molar-refractivity contribution in [2.24, 2.45) is 0 Å². The lowest BCUT2D eigenvalue weighted by Crippen LogP contribution is -2.35. The summed E-state index contributed by atoms with van der Waals surface area (Å²) in [7, 11) is 0. The first kappa shape index (κ1) is 15.2. The number of carbonyl (C=O) groups is 1. The number of aromatic nitrogens is 2. The fourth-order valence-corrected chi connectivity index (χ4v) is 2.92. The molecular formula is C16H19BrN4O. The third-order valence-corrected chi connectivity index (χ3v) is 4.24. The van der Waals surface area contributed by atoms with E-state index >= 15 is 0 Å². The molecule has 3 rings (SSSR count). The highest BCUT2D eigenvalue weighted by Crippen LogP contribution is 2.14. The standard InChI is InChI=1S/C16H19BrN4O/c17-13-10-19-21(11-13)9-7-12-3-5-14(6-4-12)20-16(22)15-2-1-8-18-15/h3-6,10-11,15,18H,1-2,7-9H2,(H,20,22). The normalized spacial score (nSPS) is 17.6. The molecular weight excluding hydrogens is 344 g/mol. The second-order valence-electron chi connectivity index (χ2n) is 5.51. The van der Waals surface area contributed by atoms with Gasteiger partial charge in [-0.2, -0.15) is 5.10 Å². The van der Waals surface area contributed by atoms with E-state index in [1.54, 1.807) is 6.20 Å². The molecule has 1 aliphatic heterocycles. The average Bonchev–Trinajstić information content (AvgIpc) is 3.18. The number of nitrogens with one attached hydrogen (secondary N) is 2. The predicted molar refractivity (Wildman–Crippen MR) is 89.7 cm³/mol. The molecule has 6 heteroatoms. The Kier molecular flexibility index (Phi) is 4.90. The van der Waals surface area contributed by atoms with Crippen LogP contribution in [0.15, 0.2) is 41.1 Å². The molecule has 116 valence electrons. The highest BCUT2D eigenvalue weighted by Gasteiger charge is 2.21. The molecule has 1 unspecified atom stereocenters. The molecule has 1 aliphatic rings. The average molecular weight is 363 g/mol. The Balaban J connectivity index is 1.52. The summed E-state index contributed by atoms with van der Waals surface area (Å²) in [4.78, 5) is 12.0. The summed E-state index contributed by atoms with van der Waals surface area (Å²) in [5.74, 6) is 0.0617. The SMILES string of the molecule is O=C(Nc1ccc(CCn2cc(Br)cn2)cc1)C1CCCN1. The second kappa shape index (κ2) is 7.07. The quantitative estimate of drug-likeness (QED) is 0.859. The van der Waals surface area contributed by atoms with Crippen molar-refractivity contribution in [2.75, 3.05) is 11.9 Å². The molecule has 0 saturated carbocycles. The van der Waals surface area contributed by atoms with Gasteiger partial charge in [-0.25, -0.2) is 0 Å². The lowest BCUT2D eigenvalue weighted by Gasteiger charge is -2.11. The van der Waals surface area contributed by atoms with E-state index in [2.05, 4.69) is 43.8 Å². The molecule has 1 amide bonds. The number of nitrogens with zero attached hydrogens (tertiary/aromatic N) is 2. The minimum absolute atomic E-state index is 0.0436. The molecule has 2 N–H and O–H groups in total. The highest BCUT2D eigenvalue weighted by molar-refractivity contribution is 9.10. The number of anilines is 1. The van der Waals surface area contributed by atoms with E-state index in [0.29, 0.717) is 0 Å². The zero-order chi connectivity index (χ0) is 15.4. The molecule has 2 heterocycles. The van der Waals surface area contributed by atoms with E-state index in [1.165, 1.54) is 5.56 Å². The lowest BCUT2D eigenvalue weighted by molar-refractivity contribution is -0.117. The Morgan fingerprint density at radius 3 is 2.86 bits per heavy atom. The van der Waals surface area contributed by atoms with Crippen LogP contribution in [0.3, 0.4) is 0 Å². The minimum atomic E-state index is -0.0436. The van der Waals surface area contributed by atoms with Crippen molar-refractivity contribution < 1.29 is 4.79 Å². The van der Waals surface area contributed by atoms with Crippen LogP contribution in [-0.4, -0.2) is 28.3 Å². The molecule has 5 nitrogen and oxygen atoms in total. The van der Waals surface area contributed by atoms with Crippen LogP contribution in [0.2, 0.25) is 0 Å². The second-order valence-corrected chi connectivity index (χ2v) is 6.42. The Morgan fingerprint density at radius 1 is 1.41 bits per heavy atom. The molecule has 1 saturated heterocycles. The Morgan fingerprint density at radius 2 is 2.23 bits per heavy atom. The van der Waals surface area contributed by atoms with E-state index in [1.807, 2.05) is 23.0 Å². The van der Waals surface area contributed by atoms with E-state index < -0.39 is 0 Å². The van der Waals surface area contributed by atoms with Gasteiger partial charge in [-0.05, 0) is 59.4 Å². The van der Waals surface area contributed by atoms with Crippen LogP contribution in [0, 0.1) is 0 Å². The van der Waals surface area contributed by atoms with Crippen LogP contribution in [0.4, 0.5) is 5.69 Å². The van der Waals surface area contributed by atoms with Gasteiger partial charge < -0.3 is 10.6 Å². The molecule has 0 radical (unpaired) electrons. The number of hydrogen-bond donors (Lipinski definition) is 2. The topological polar surface area (TPSA) is 59.0 Å². The van der Waals surface area contributed by atoms with Gasteiger partial charge in [0.15, 0.2) is 0 Å². The van der Waals surface area contributed by atoms with E-state index in [9.17, 15) is 4.79 Å². The van der Waals surface area contributed by atoms with Crippen molar-refractivity contribution >= 4 is 27.5 Å². The number of benzene rings is 1. The fourth-order valence-electron chi connectivity index (χ4n) is 2.60. The first-order chi connectivity index (χ1) is 10.7. The molecule has 1 aromatic heterocycles. The maximum absolute atomic E-state index is 12.0. The first-order valence-corrected chi connectivity index (χ1v) is 8.31. The Bertz CT molecular complexity index is 632. The van der Waals surface area contributed by atoms with Gasteiger partial charge in [0.05, 0.1) is 16.7 Å². The first-order valence-electron chi connectivity index (χ1n) is 7.52. The molecule has 22 heavy (non-hydrogen) atoms. The number of hydrogen-bond acceptors (Lipinski definition) is 3. The smallest absolute Gasteiger partial charge is 0.241 e. The summed E-state index contributed by atoms with van der Waals surface area (Å²) >= 11 is 3.39. The largest absolute Gasteiger partial charge is 0.325 e. The van der Waals surface area contributed by atoms with Crippen LogP contribution in [-0.2, 0) is 17.8 Å². The van der Waals surface area contributed by atoms with Crippen molar-refractivity contribution in [3.8, 4) is 0 Å². The van der Waals surface area contributed by atoms with E-state index in [4.69, 9.17) is 0 Å². The number of amides is 1. The van der Waals surface area contributed by atoms with Gasteiger partial charge in [-0.1, -0.05) is 12.1 Å². The molecule has 1 fully saturated rings. The van der Waals surface area contributed by atoms with Crippen LogP contribution in [0.1, 0.15) is 18.4 Å². The Labute approximate surface area is 138 Å². The van der Waals surface area contributed by atoms with Crippen LogP contribution in [0.5, 0.6) is 0 Å². The summed E-state index contributed by atoms with van der Waals surface area (Å²) < 4.78 is 2.90. The van der Waals surface area contributed by atoms with Gasteiger partial charge in [0, 0.05) is 18.4 Å². The van der Waals surface area contributed by atoms with Crippen molar-refractivity contribution in [1.29, 1.82) is 0 Å². The van der Waals surface area contributed by atoms with E-state index in [0.717, 1.165) is 42.5 Å².